The number of benzene rings is 2. The maximum Gasteiger partial charge on any atom is 0.223 e. The van der Waals surface area contributed by atoms with Crippen molar-refractivity contribution >= 4 is 28.5 Å². The Balaban J connectivity index is 1.53. The molecule has 0 aliphatic carbocycles. The van der Waals surface area contributed by atoms with Gasteiger partial charge in [-0.05, 0) is 42.8 Å². The number of imidazole rings is 1. The Hall–Kier alpha value is -2.83. The average molecular weight is 440 g/mol. The van der Waals surface area contributed by atoms with Crippen LogP contribution in [0.2, 0.25) is 5.02 Å². The Bertz CT molecular complexity index is 1110. The molecular formula is C24H26ClN3O3. The van der Waals surface area contributed by atoms with E-state index in [0.717, 1.165) is 22.4 Å². The first kappa shape index (κ1) is 21.4. The number of carbonyl (C=O) groups is 1. The third kappa shape index (κ3) is 4.60. The van der Waals surface area contributed by atoms with Gasteiger partial charge in [0.1, 0.15) is 24.3 Å². The topological polar surface area (TPSA) is 67.6 Å². The molecule has 162 valence electrons. The van der Waals surface area contributed by atoms with Crippen LogP contribution < -0.4 is 4.74 Å². The number of amides is 1. The van der Waals surface area contributed by atoms with Gasteiger partial charge in [0.05, 0.1) is 17.6 Å². The van der Waals surface area contributed by atoms with Crippen molar-refractivity contribution in [3.8, 4) is 5.75 Å². The molecule has 4 rings (SSSR count). The van der Waals surface area contributed by atoms with Crippen LogP contribution >= 0.6 is 11.6 Å². The number of aliphatic hydroxyl groups is 1. The first-order chi connectivity index (χ1) is 15.0. The Kier molecular flexibility index (Phi) is 6.30. The van der Waals surface area contributed by atoms with Crippen LogP contribution in [0.25, 0.3) is 11.0 Å². The number of aliphatic hydroxyl groups excluding tert-OH is 1. The smallest absolute Gasteiger partial charge is 0.223 e. The van der Waals surface area contributed by atoms with E-state index in [9.17, 15) is 9.90 Å². The summed E-state index contributed by atoms with van der Waals surface area (Å²) in [7, 11) is 0. The SMILES string of the molecule is C=CCN1C[C@@H](c2nc3ccccc3n2C[C@@H](O)COc2ccc(Cl)c(C)c2)CC1=O. The van der Waals surface area contributed by atoms with Gasteiger partial charge in [-0.1, -0.05) is 29.8 Å². The van der Waals surface area contributed by atoms with Crippen LogP contribution in [0.3, 0.4) is 0 Å². The molecule has 31 heavy (non-hydrogen) atoms. The number of likely N-dealkylation sites (tertiary alicyclic amines) is 1. The second kappa shape index (κ2) is 9.12. The number of carbonyl (C=O) groups excluding carboxylic acids is 1. The number of hydrogen-bond acceptors (Lipinski definition) is 4. The van der Waals surface area contributed by atoms with Crippen LogP contribution in [0.15, 0.2) is 55.1 Å². The van der Waals surface area contributed by atoms with Crippen LogP contribution in [-0.4, -0.2) is 51.3 Å². The number of hydrogen-bond donors (Lipinski definition) is 1. The molecule has 0 bridgehead atoms. The van der Waals surface area contributed by atoms with E-state index in [-0.39, 0.29) is 18.4 Å². The molecule has 2 heterocycles. The minimum Gasteiger partial charge on any atom is -0.491 e. The minimum absolute atomic E-state index is 0.0214. The fourth-order valence-electron chi connectivity index (χ4n) is 4.04. The van der Waals surface area contributed by atoms with Crippen molar-refractivity contribution in [1.82, 2.24) is 14.5 Å². The quantitative estimate of drug-likeness (QED) is 0.540. The molecule has 1 fully saturated rings. The zero-order valence-corrected chi connectivity index (χ0v) is 18.3. The number of aromatic nitrogens is 2. The lowest BCUT2D eigenvalue weighted by atomic mass is 10.1. The van der Waals surface area contributed by atoms with Crippen molar-refractivity contribution in [2.24, 2.45) is 0 Å². The minimum atomic E-state index is -0.742. The van der Waals surface area contributed by atoms with E-state index in [2.05, 4.69) is 6.58 Å². The summed E-state index contributed by atoms with van der Waals surface area (Å²) in [5.74, 6) is 1.57. The molecule has 0 saturated carbocycles. The molecule has 1 aliphatic rings. The molecule has 1 aromatic heterocycles. The highest BCUT2D eigenvalue weighted by Crippen LogP contribution is 2.30. The lowest BCUT2D eigenvalue weighted by molar-refractivity contribution is -0.127. The van der Waals surface area contributed by atoms with E-state index < -0.39 is 6.10 Å². The highest BCUT2D eigenvalue weighted by atomic mass is 35.5. The third-order valence-electron chi connectivity index (χ3n) is 5.58. The first-order valence-electron chi connectivity index (χ1n) is 10.4. The normalized spacial score (nSPS) is 17.3. The van der Waals surface area contributed by atoms with E-state index in [1.165, 1.54) is 0 Å². The van der Waals surface area contributed by atoms with Crippen LogP contribution in [0.1, 0.15) is 23.7 Å². The number of aryl methyl sites for hydroxylation is 1. The Labute approximate surface area is 186 Å². The van der Waals surface area contributed by atoms with Crippen molar-refractivity contribution in [3.05, 3.63) is 71.5 Å². The number of rotatable bonds is 8. The summed E-state index contributed by atoms with van der Waals surface area (Å²) in [6.45, 7) is 7.25. The fourth-order valence-corrected chi connectivity index (χ4v) is 4.16. The number of nitrogens with zero attached hydrogens (tertiary/aromatic N) is 3. The largest absolute Gasteiger partial charge is 0.491 e. The van der Waals surface area contributed by atoms with Gasteiger partial charge < -0.3 is 19.3 Å². The lowest BCUT2D eigenvalue weighted by Crippen LogP contribution is -2.26. The van der Waals surface area contributed by atoms with Gasteiger partial charge >= 0.3 is 0 Å². The van der Waals surface area contributed by atoms with E-state index in [0.29, 0.717) is 36.8 Å². The van der Waals surface area contributed by atoms with Crippen LogP contribution in [0, 0.1) is 6.92 Å². The van der Waals surface area contributed by atoms with Gasteiger partial charge in [0.15, 0.2) is 0 Å². The van der Waals surface area contributed by atoms with Crippen LogP contribution in [0.5, 0.6) is 5.75 Å². The van der Waals surface area contributed by atoms with Gasteiger partial charge in [0.25, 0.3) is 0 Å². The van der Waals surface area contributed by atoms with Gasteiger partial charge in [-0.15, -0.1) is 6.58 Å². The highest BCUT2D eigenvalue weighted by Gasteiger charge is 2.33. The molecule has 1 saturated heterocycles. The molecule has 1 N–H and O–H groups in total. The lowest BCUT2D eigenvalue weighted by Gasteiger charge is -2.18. The number of para-hydroxylation sites is 2. The predicted octanol–water partition coefficient (Wildman–Crippen LogP) is 3.94. The summed E-state index contributed by atoms with van der Waals surface area (Å²) < 4.78 is 7.80. The monoisotopic (exact) mass is 439 g/mol. The number of halogens is 1. The third-order valence-corrected chi connectivity index (χ3v) is 6.00. The second-order valence-corrected chi connectivity index (χ2v) is 8.34. The van der Waals surface area contributed by atoms with Gasteiger partial charge in [0, 0.05) is 30.5 Å². The van der Waals surface area contributed by atoms with Crippen LogP contribution in [0.4, 0.5) is 0 Å². The summed E-state index contributed by atoms with van der Waals surface area (Å²) in [5, 5.41) is 11.4. The van der Waals surface area contributed by atoms with Gasteiger partial charge in [-0.25, -0.2) is 4.98 Å². The fraction of sp³-hybridized carbons (Fsp3) is 0.333. The van der Waals surface area contributed by atoms with Crippen molar-refractivity contribution in [3.63, 3.8) is 0 Å². The average Bonchev–Trinajstić information content (AvgIpc) is 3.30. The number of ether oxygens (including phenoxy) is 1. The summed E-state index contributed by atoms with van der Waals surface area (Å²) in [5.41, 5.74) is 2.72. The molecule has 0 radical (unpaired) electrons. The van der Waals surface area contributed by atoms with E-state index in [4.69, 9.17) is 21.3 Å². The maximum atomic E-state index is 12.4. The molecule has 2 aromatic carbocycles. The molecule has 2 atom stereocenters. The van der Waals surface area contributed by atoms with Crippen LogP contribution in [-0.2, 0) is 11.3 Å². The molecule has 6 nitrogen and oxygen atoms in total. The molecular weight excluding hydrogens is 414 g/mol. The Morgan fingerprint density at radius 3 is 2.94 bits per heavy atom. The Morgan fingerprint density at radius 2 is 2.16 bits per heavy atom. The molecule has 3 aromatic rings. The summed E-state index contributed by atoms with van der Waals surface area (Å²) >= 11 is 6.07. The van der Waals surface area contributed by atoms with E-state index in [1.807, 2.05) is 41.8 Å². The first-order valence-corrected chi connectivity index (χ1v) is 10.7. The zero-order chi connectivity index (χ0) is 22.0. The van der Waals surface area contributed by atoms with Crippen molar-refractivity contribution < 1.29 is 14.6 Å². The molecule has 1 aliphatic heterocycles. The van der Waals surface area contributed by atoms with Crippen molar-refractivity contribution in [1.29, 1.82) is 0 Å². The second-order valence-electron chi connectivity index (χ2n) is 7.93. The standard InChI is InChI=1S/C24H26ClN3O3/c1-3-10-27-13-17(12-23(27)30)24-26-21-6-4-5-7-22(21)28(24)14-18(29)15-31-19-8-9-20(25)16(2)11-19/h3-9,11,17-18,29H,1,10,12-15H2,2H3/t17-,18+/m0/s1. The summed E-state index contributed by atoms with van der Waals surface area (Å²) in [6.07, 6.45) is 1.41. The maximum absolute atomic E-state index is 12.4. The molecule has 0 unspecified atom stereocenters. The Morgan fingerprint density at radius 1 is 1.35 bits per heavy atom. The highest BCUT2D eigenvalue weighted by molar-refractivity contribution is 6.31. The van der Waals surface area contributed by atoms with E-state index >= 15 is 0 Å². The number of fused-ring (bicyclic) bond motifs is 1. The zero-order valence-electron chi connectivity index (χ0n) is 17.5. The summed E-state index contributed by atoms with van der Waals surface area (Å²) in [6, 6.07) is 13.3. The van der Waals surface area contributed by atoms with Gasteiger partial charge in [-0.2, -0.15) is 0 Å². The predicted molar refractivity (Wildman–Crippen MR) is 122 cm³/mol. The molecule has 1 amide bonds. The van der Waals surface area contributed by atoms with E-state index in [1.54, 1.807) is 23.1 Å². The molecule has 0 spiro atoms. The van der Waals surface area contributed by atoms with Crippen molar-refractivity contribution in [2.45, 2.75) is 31.9 Å². The van der Waals surface area contributed by atoms with Gasteiger partial charge in [-0.3, -0.25) is 4.79 Å². The molecule has 7 heteroatoms. The van der Waals surface area contributed by atoms with Crippen molar-refractivity contribution in [2.75, 3.05) is 19.7 Å². The summed E-state index contributed by atoms with van der Waals surface area (Å²) in [4.78, 5) is 19.0. The van der Waals surface area contributed by atoms with Gasteiger partial charge in [0.2, 0.25) is 5.91 Å².